The summed E-state index contributed by atoms with van der Waals surface area (Å²) in [6.07, 6.45) is 2.33. The number of carboxylic acids is 1. The fourth-order valence-electron chi connectivity index (χ4n) is 2.89. The average Bonchev–Trinajstić information content (AvgIpc) is 2.40. The van der Waals surface area contributed by atoms with Crippen LogP contribution in [0.1, 0.15) is 26.2 Å². The number of nitrogens with zero attached hydrogens (tertiary/aromatic N) is 2. The lowest BCUT2D eigenvalue weighted by Crippen LogP contribution is -2.60. The van der Waals surface area contributed by atoms with Gasteiger partial charge in [0.15, 0.2) is 0 Å². The van der Waals surface area contributed by atoms with Crippen molar-refractivity contribution in [2.24, 2.45) is 0 Å². The Morgan fingerprint density at radius 1 is 1.21 bits per heavy atom. The van der Waals surface area contributed by atoms with Crippen LogP contribution in [-0.4, -0.2) is 71.6 Å². The predicted octanol–water partition coefficient (Wildman–Crippen LogP) is -0.253. The Morgan fingerprint density at radius 3 is 2.53 bits per heavy atom. The minimum atomic E-state index is -1.02. The first kappa shape index (κ1) is 14.3. The van der Waals surface area contributed by atoms with Crippen molar-refractivity contribution in [2.45, 2.75) is 31.7 Å². The summed E-state index contributed by atoms with van der Waals surface area (Å²) in [5, 5.41) is 12.6. The van der Waals surface area contributed by atoms with E-state index in [9.17, 15) is 14.7 Å². The summed E-state index contributed by atoms with van der Waals surface area (Å²) >= 11 is 0. The molecule has 6 nitrogen and oxygen atoms in total. The Balaban J connectivity index is 2.01. The van der Waals surface area contributed by atoms with E-state index in [0.717, 1.165) is 39.0 Å². The van der Waals surface area contributed by atoms with Crippen LogP contribution in [0.15, 0.2) is 0 Å². The van der Waals surface area contributed by atoms with Crippen molar-refractivity contribution in [1.29, 1.82) is 0 Å². The number of nitrogens with one attached hydrogen (secondary N) is 1. The number of amides is 1. The summed E-state index contributed by atoms with van der Waals surface area (Å²) in [5.74, 6) is -0.938. The van der Waals surface area contributed by atoms with E-state index in [1.807, 2.05) is 0 Å². The van der Waals surface area contributed by atoms with Crippen molar-refractivity contribution in [3.05, 3.63) is 0 Å². The molecule has 19 heavy (non-hydrogen) atoms. The Labute approximate surface area is 113 Å². The molecule has 2 heterocycles. The van der Waals surface area contributed by atoms with E-state index in [4.69, 9.17) is 0 Å². The molecule has 1 amide bonds. The van der Waals surface area contributed by atoms with E-state index < -0.39 is 11.5 Å². The summed E-state index contributed by atoms with van der Waals surface area (Å²) in [7, 11) is 0. The number of piperazine rings is 1. The Hall–Kier alpha value is -1.14. The highest BCUT2D eigenvalue weighted by atomic mass is 16.4. The molecule has 0 radical (unpaired) electrons. The van der Waals surface area contributed by atoms with Crippen LogP contribution in [0.5, 0.6) is 0 Å². The highest BCUT2D eigenvalue weighted by Crippen LogP contribution is 2.28. The van der Waals surface area contributed by atoms with Gasteiger partial charge in [0.1, 0.15) is 5.54 Å². The molecular formula is C13H23N3O3. The molecule has 0 bridgehead atoms. The van der Waals surface area contributed by atoms with Crippen molar-refractivity contribution in [3.8, 4) is 0 Å². The summed E-state index contributed by atoms with van der Waals surface area (Å²) in [5.41, 5.74) is -1.02. The molecule has 0 spiro atoms. The van der Waals surface area contributed by atoms with Crippen molar-refractivity contribution in [3.63, 3.8) is 0 Å². The van der Waals surface area contributed by atoms with Gasteiger partial charge in [0.25, 0.3) is 0 Å². The molecule has 2 aliphatic rings. The van der Waals surface area contributed by atoms with Crippen LogP contribution in [-0.2, 0) is 9.59 Å². The molecule has 0 aromatic heterocycles. The second kappa shape index (κ2) is 5.88. The average molecular weight is 269 g/mol. The molecule has 6 heteroatoms. The molecule has 0 saturated carbocycles. The molecule has 2 saturated heterocycles. The van der Waals surface area contributed by atoms with E-state index in [1.165, 1.54) is 0 Å². The molecule has 1 atom stereocenters. The lowest BCUT2D eigenvalue weighted by molar-refractivity contribution is -0.161. The van der Waals surface area contributed by atoms with E-state index in [0.29, 0.717) is 19.5 Å². The Kier molecular flexibility index (Phi) is 4.42. The summed E-state index contributed by atoms with van der Waals surface area (Å²) in [6.45, 7) is 6.06. The minimum Gasteiger partial charge on any atom is -0.480 e. The third kappa shape index (κ3) is 3.06. The lowest BCUT2D eigenvalue weighted by atomic mass is 9.88. The fraction of sp³-hybridized carbons (Fsp3) is 0.846. The van der Waals surface area contributed by atoms with Gasteiger partial charge in [0, 0.05) is 32.7 Å². The molecule has 2 aliphatic heterocycles. The standard InChI is InChI=1S/C13H23N3O3/c1-13(12(18)19)4-2-3-7-16(13)11(17)10-15-8-5-14-6-9-15/h14H,2-10H2,1H3,(H,18,19). The maximum atomic E-state index is 12.4. The van der Waals surface area contributed by atoms with Crippen LogP contribution in [0.25, 0.3) is 0 Å². The number of rotatable bonds is 3. The summed E-state index contributed by atoms with van der Waals surface area (Å²) in [6, 6.07) is 0. The van der Waals surface area contributed by atoms with E-state index >= 15 is 0 Å². The number of carbonyl (C=O) groups is 2. The number of carboxylic acid groups (broad SMARTS) is 1. The third-order valence-electron chi connectivity index (χ3n) is 4.22. The first-order valence-electron chi connectivity index (χ1n) is 7.01. The molecule has 2 rings (SSSR count). The predicted molar refractivity (Wildman–Crippen MR) is 70.9 cm³/mol. The van der Waals surface area contributed by atoms with Crippen LogP contribution in [0.4, 0.5) is 0 Å². The zero-order valence-corrected chi connectivity index (χ0v) is 11.5. The summed E-state index contributed by atoms with van der Waals surface area (Å²) < 4.78 is 0. The normalized spacial score (nSPS) is 29.2. The molecule has 108 valence electrons. The van der Waals surface area contributed by atoms with Gasteiger partial charge < -0.3 is 15.3 Å². The monoisotopic (exact) mass is 269 g/mol. The fourth-order valence-corrected chi connectivity index (χ4v) is 2.89. The first-order valence-corrected chi connectivity index (χ1v) is 7.01. The maximum Gasteiger partial charge on any atom is 0.329 e. The molecule has 1 unspecified atom stereocenters. The Bertz CT molecular complexity index is 355. The lowest BCUT2D eigenvalue weighted by Gasteiger charge is -2.42. The highest BCUT2D eigenvalue weighted by molar-refractivity contribution is 5.87. The maximum absolute atomic E-state index is 12.4. The highest BCUT2D eigenvalue weighted by Gasteiger charge is 2.43. The number of aliphatic carboxylic acids is 1. The Morgan fingerprint density at radius 2 is 1.89 bits per heavy atom. The van der Waals surface area contributed by atoms with Gasteiger partial charge in [-0.2, -0.15) is 0 Å². The van der Waals surface area contributed by atoms with Gasteiger partial charge in [0.2, 0.25) is 5.91 Å². The zero-order valence-electron chi connectivity index (χ0n) is 11.5. The van der Waals surface area contributed by atoms with E-state index in [2.05, 4.69) is 10.2 Å². The first-order chi connectivity index (χ1) is 9.04. The second-order valence-corrected chi connectivity index (χ2v) is 5.61. The smallest absolute Gasteiger partial charge is 0.329 e. The minimum absolute atomic E-state index is 0.0495. The largest absolute Gasteiger partial charge is 0.480 e. The SMILES string of the molecule is CC1(C(=O)O)CCCCN1C(=O)CN1CCNCC1. The number of hydrogen-bond donors (Lipinski definition) is 2. The van der Waals surface area contributed by atoms with Crippen LogP contribution in [0, 0.1) is 0 Å². The summed E-state index contributed by atoms with van der Waals surface area (Å²) in [4.78, 5) is 27.5. The third-order valence-corrected chi connectivity index (χ3v) is 4.22. The molecule has 0 aromatic rings. The topological polar surface area (TPSA) is 72.9 Å². The molecule has 0 aromatic carbocycles. The second-order valence-electron chi connectivity index (χ2n) is 5.61. The quantitative estimate of drug-likeness (QED) is 0.739. The van der Waals surface area contributed by atoms with Crippen LogP contribution in [0.2, 0.25) is 0 Å². The van der Waals surface area contributed by atoms with Gasteiger partial charge in [-0.15, -0.1) is 0 Å². The number of carbonyl (C=O) groups excluding carboxylic acids is 1. The van der Waals surface area contributed by atoms with Gasteiger partial charge in [-0.3, -0.25) is 9.69 Å². The number of likely N-dealkylation sites (tertiary alicyclic amines) is 1. The van der Waals surface area contributed by atoms with Crippen molar-refractivity contribution >= 4 is 11.9 Å². The van der Waals surface area contributed by atoms with Crippen LogP contribution >= 0.6 is 0 Å². The van der Waals surface area contributed by atoms with Gasteiger partial charge in [0.05, 0.1) is 6.54 Å². The van der Waals surface area contributed by atoms with Crippen LogP contribution in [0.3, 0.4) is 0 Å². The van der Waals surface area contributed by atoms with Gasteiger partial charge >= 0.3 is 5.97 Å². The van der Waals surface area contributed by atoms with E-state index in [1.54, 1.807) is 11.8 Å². The molecular weight excluding hydrogens is 246 g/mol. The van der Waals surface area contributed by atoms with Crippen molar-refractivity contribution < 1.29 is 14.7 Å². The van der Waals surface area contributed by atoms with Gasteiger partial charge in [-0.05, 0) is 26.2 Å². The number of hydrogen-bond acceptors (Lipinski definition) is 4. The molecule has 2 fully saturated rings. The van der Waals surface area contributed by atoms with Crippen molar-refractivity contribution in [2.75, 3.05) is 39.3 Å². The van der Waals surface area contributed by atoms with E-state index in [-0.39, 0.29) is 5.91 Å². The van der Waals surface area contributed by atoms with Gasteiger partial charge in [-0.25, -0.2) is 4.79 Å². The van der Waals surface area contributed by atoms with Crippen molar-refractivity contribution in [1.82, 2.24) is 15.1 Å². The zero-order chi connectivity index (χ0) is 13.9. The molecule has 2 N–H and O–H groups in total. The molecule has 0 aliphatic carbocycles. The van der Waals surface area contributed by atoms with Gasteiger partial charge in [-0.1, -0.05) is 0 Å². The van der Waals surface area contributed by atoms with Crippen LogP contribution < -0.4 is 5.32 Å². The number of piperidine rings is 1.